The van der Waals surface area contributed by atoms with Gasteiger partial charge >= 0.3 is 0 Å². The van der Waals surface area contributed by atoms with Crippen molar-refractivity contribution in [1.29, 1.82) is 0 Å². The molecule has 0 saturated heterocycles. The Hall–Kier alpha value is -6.38. The van der Waals surface area contributed by atoms with E-state index in [1.165, 1.54) is 121 Å². The van der Waals surface area contributed by atoms with Gasteiger partial charge in [-0.1, -0.05) is 114 Å². The Morgan fingerprint density at radius 2 is 0.617 bits per heavy atom. The van der Waals surface area contributed by atoms with E-state index in [0.717, 1.165) is 0 Å². The van der Waals surface area contributed by atoms with Gasteiger partial charge in [0.05, 0.1) is 11.0 Å². The Morgan fingerprint density at radius 3 is 0.933 bits per heavy atom. The maximum absolute atomic E-state index is 2.42. The molecule has 10 aromatic rings. The van der Waals surface area contributed by atoms with Crippen molar-refractivity contribution < 1.29 is 0 Å². The summed E-state index contributed by atoms with van der Waals surface area (Å²) in [4.78, 5) is 0. The van der Waals surface area contributed by atoms with Crippen molar-refractivity contribution >= 4 is 54.1 Å². The van der Waals surface area contributed by atoms with Gasteiger partial charge in [-0.15, -0.1) is 0 Å². The Balaban J connectivity index is 0.922. The molecule has 10 rings (SSSR count). The number of hydrogen-bond acceptors (Lipinski definition) is 0. The molecule has 0 spiro atoms. The van der Waals surface area contributed by atoms with Gasteiger partial charge in [-0.2, -0.15) is 0 Å². The van der Waals surface area contributed by atoms with Gasteiger partial charge in [0, 0.05) is 33.5 Å². The van der Waals surface area contributed by atoms with Crippen molar-refractivity contribution in [3.63, 3.8) is 0 Å². The first-order valence-corrected chi connectivity index (χ1v) is 21.5. The maximum Gasteiger partial charge on any atom is 0.0534 e. The molecule has 0 bridgehead atoms. The molecule has 296 valence electrons. The van der Waals surface area contributed by atoms with Crippen LogP contribution in [0.3, 0.4) is 0 Å². The van der Waals surface area contributed by atoms with E-state index in [2.05, 4.69) is 224 Å². The highest BCUT2D eigenvalue weighted by atomic mass is 15.0. The number of aromatic nitrogens is 2. The molecule has 0 unspecified atom stereocenters. The summed E-state index contributed by atoms with van der Waals surface area (Å²) < 4.78 is 4.84. The highest BCUT2D eigenvalue weighted by molar-refractivity contribution is 5.96. The second-order valence-electron chi connectivity index (χ2n) is 19.3. The van der Waals surface area contributed by atoms with Crippen LogP contribution in [0.1, 0.15) is 75.2 Å². The second-order valence-corrected chi connectivity index (χ2v) is 19.3. The van der Waals surface area contributed by atoms with Crippen LogP contribution in [0, 0.1) is 27.7 Å². The fourth-order valence-corrected chi connectivity index (χ4v) is 9.46. The van der Waals surface area contributed by atoms with Crippen LogP contribution in [-0.2, 0) is 10.8 Å². The lowest BCUT2D eigenvalue weighted by atomic mass is 9.86. The first-order valence-electron chi connectivity index (χ1n) is 21.5. The van der Waals surface area contributed by atoms with E-state index in [1.807, 2.05) is 0 Å². The number of hydrogen-bond donors (Lipinski definition) is 0. The predicted molar refractivity (Wildman–Crippen MR) is 260 cm³/mol. The molecule has 0 atom stereocenters. The monoisotopic (exact) mass is 778 g/mol. The van der Waals surface area contributed by atoms with Crippen LogP contribution < -0.4 is 0 Å². The average molecular weight is 779 g/mol. The highest BCUT2D eigenvalue weighted by Crippen LogP contribution is 2.37. The zero-order valence-corrected chi connectivity index (χ0v) is 36.8. The van der Waals surface area contributed by atoms with Gasteiger partial charge in [-0.3, -0.25) is 0 Å². The summed E-state index contributed by atoms with van der Waals surface area (Å²) in [6.45, 7) is 22.7. The van der Waals surface area contributed by atoms with Gasteiger partial charge in [0.25, 0.3) is 0 Å². The van der Waals surface area contributed by atoms with Crippen LogP contribution in [0.25, 0.3) is 87.8 Å². The smallest absolute Gasteiger partial charge is 0.0534 e. The van der Waals surface area contributed by atoms with Crippen molar-refractivity contribution in [2.45, 2.75) is 80.1 Å². The van der Waals surface area contributed by atoms with Crippen molar-refractivity contribution in [2.75, 3.05) is 0 Å². The van der Waals surface area contributed by atoms with Gasteiger partial charge in [-0.05, 0) is 188 Å². The minimum absolute atomic E-state index is 0.117. The zero-order valence-electron chi connectivity index (χ0n) is 36.8. The zero-order chi connectivity index (χ0) is 41.8. The molecule has 0 amide bonds. The lowest BCUT2D eigenvalue weighted by Crippen LogP contribution is -2.10. The summed E-state index contributed by atoms with van der Waals surface area (Å²) in [6, 6.07) is 55.3. The summed E-state index contributed by atoms with van der Waals surface area (Å²) in [5, 5.41) is 10.2. The molecular weight excluding hydrogens is 725 g/mol. The standard InChI is InChI=1S/C58H54N2/c1-35-37(3)59(55-25-21-49(33-53(35)55)57(5,6)7)51-23-19-45-29-43(15-17-47(45)31-51)41-13-11-40-28-42(14-12-39(40)27-41)44-16-18-48-32-52(24-20-46(48)30-44)60-38(4)36(2)54-34-50(58(8,9)10)22-26-56(54)60/h11-34H,1-10H3. The van der Waals surface area contributed by atoms with E-state index in [9.17, 15) is 0 Å². The van der Waals surface area contributed by atoms with Crippen LogP contribution in [0.15, 0.2) is 146 Å². The van der Waals surface area contributed by atoms with Gasteiger partial charge in [0.2, 0.25) is 0 Å². The summed E-state index contributed by atoms with van der Waals surface area (Å²) in [5.74, 6) is 0. The number of rotatable bonds is 4. The number of fused-ring (bicyclic) bond motifs is 5. The average Bonchev–Trinajstić information content (AvgIpc) is 3.64. The van der Waals surface area contributed by atoms with E-state index in [0.29, 0.717) is 0 Å². The molecule has 2 nitrogen and oxygen atoms in total. The number of benzene rings is 8. The van der Waals surface area contributed by atoms with E-state index in [4.69, 9.17) is 0 Å². The third-order valence-electron chi connectivity index (χ3n) is 13.4. The van der Waals surface area contributed by atoms with E-state index in [-0.39, 0.29) is 10.8 Å². The summed E-state index contributed by atoms with van der Waals surface area (Å²) in [7, 11) is 0. The Labute approximate surface area is 354 Å². The molecule has 60 heavy (non-hydrogen) atoms. The lowest BCUT2D eigenvalue weighted by molar-refractivity contribution is 0.591. The minimum atomic E-state index is 0.117. The molecule has 2 heterocycles. The fraction of sp³-hybridized carbons (Fsp3) is 0.207. The molecule has 0 saturated carbocycles. The highest BCUT2D eigenvalue weighted by Gasteiger charge is 2.20. The predicted octanol–water partition coefficient (Wildman–Crippen LogP) is 16.2. The topological polar surface area (TPSA) is 9.86 Å². The van der Waals surface area contributed by atoms with Crippen molar-refractivity contribution in [3.05, 3.63) is 179 Å². The van der Waals surface area contributed by atoms with Gasteiger partial charge in [-0.25, -0.2) is 0 Å². The SMILES string of the molecule is Cc1c(C)n(-c2ccc3cc(-c4ccc5cc(-c6ccc7cc(-n8c(C)c(C)c9cc(C(C)(C)C)ccc98)ccc7c6)ccc5c4)ccc3c2)c2ccc(C(C)(C)C)cc12. The van der Waals surface area contributed by atoms with Crippen molar-refractivity contribution in [2.24, 2.45) is 0 Å². The normalized spacial score (nSPS) is 12.5. The molecule has 0 radical (unpaired) electrons. The largest absolute Gasteiger partial charge is 0.314 e. The molecule has 0 fully saturated rings. The van der Waals surface area contributed by atoms with Crippen LogP contribution >= 0.6 is 0 Å². The molecular formula is C58H54N2. The molecule has 0 aliphatic rings. The van der Waals surface area contributed by atoms with Crippen molar-refractivity contribution in [1.82, 2.24) is 9.13 Å². The Kier molecular flexibility index (Phi) is 8.57. The van der Waals surface area contributed by atoms with Gasteiger partial charge < -0.3 is 9.13 Å². The number of aryl methyl sites for hydroxylation is 2. The molecule has 0 aliphatic carbocycles. The van der Waals surface area contributed by atoms with Crippen LogP contribution in [-0.4, -0.2) is 9.13 Å². The van der Waals surface area contributed by atoms with Crippen molar-refractivity contribution in [3.8, 4) is 33.6 Å². The summed E-state index contributed by atoms with van der Waals surface area (Å²) in [5.41, 5.74) is 18.1. The fourth-order valence-electron chi connectivity index (χ4n) is 9.46. The molecule has 2 heteroatoms. The lowest BCUT2D eigenvalue weighted by Gasteiger charge is -2.19. The van der Waals surface area contributed by atoms with Crippen LogP contribution in [0.5, 0.6) is 0 Å². The van der Waals surface area contributed by atoms with Crippen LogP contribution in [0.2, 0.25) is 0 Å². The first kappa shape index (κ1) is 37.9. The third-order valence-corrected chi connectivity index (χ3v) is 13.4. The molecule has 0 aliphatic heterocycles. The summed E-state index contributed by atoms with van der Waals surface area (Å²) in [6.07, 6.45) is 0. The van der Waals surface area contributed by atoms with Crippen LogP contribution in [0.4, 0.5) is 0 Å². The molecule has 8 aromatic carbocycles. The second kappa shape index (κ2) is 13.6. The van der Waals surface area contributed by atoms with Gasteiger partial charge in [0.15, 0.2) is 0 Å². The molecule has 0 N–H and O–H groups in total. The van der Waals surface area contributed by atoms with Gasteiger partial charge in [0.1, 0.15) is 0 Å². The maximum atomic E-state index is 2.42. The Bertz CT molecular complexity index is 3140. The van der Waals surface area contributed by atoms with E-state index in [1.54, 1.807) is 0 Å². The first-order chi connectivity index (χ1) is 28.6. The summed E-state index contributed by atoms with van der Waals surface area (Å²) >= 11 is 0. The quantitative estimate of drug-likeness (QED) is 0.168. The molecule has 2 aromatic heterocycles. The third kappa shape index (κ3) is 6.24. The number of nitrogens with zero attached hydrogens (tertiary/aromatic N) is 2. The minimum Gasteiger partial charge on any atom is -0.314 e. The Morgan fingerprint density at radius 1 is 0.317 bits per heavy atom. The van der Waals surface area contributed by atoms with E-state index < -0.39 is 0 Å². The van der Waals surface area contributed by atoms with E-state index >= 15 is 0 Å².